The maximum absolute atomic E-state index is 11.1. The summed E-state index contributed by atoms with van der Waals surface area (Å²) in [7, 11) is 0. The van der Waals surface area contributed by atoms with E-state index in [0.29, 0.717) is 6.54 Å². The number of benzene rings is 1. The smallest absolute Gasteiger partial charge is 0.177 e. The SMILES string of the molecule is CC.NC1C(=O)COC1CNCc1ccccc1. The summed E-state index contributed by atoms with van der Waals surface area (Å²) in [6.45, 7) is 5.53. The molecule has 1 aliphatic heterocycles. The molecule has 0 amide bonds. The highest BCUT2D eigenvalue weighted by Gasteiger charge is 2.31. The van der Waals surface area contributed by atoms with Crippen molar-refractivity contribution in [2.24, 2.45) is 5.73 Å². The van der Waals surface area contributed by atoms with Crippen molar-refractivity contribution >= 4 is 5.78 Å². The van der Waals surface area contributed by atoms with E-state index in [0.717, 1.165) is 6.54 Å². The quantitative estimate of drug-likeness (QED) is 0.840. The first-order valence-corrected chi connectivity index (χ1v) is 6.42. The van der Waals surface area contributed by atoms with Crippen LogP contribution in [0.15, 0.2) is 30.3 Å². The predicted octanol–water partition coefficient (Wildman–Crippen LogP) is 1.10. The van der Waals surface area contributed by atoms with Crippen molar-refractivity contribution in [3.05, 3.63) is 35.9 Å². The Hall–Kier alpha value is -1.23. The lowest BCUT2D eigenvalue weighted by Gasteiger charge is -2.14. The van der Waals surface area contributed by atoms with Gasteiger partial charge in [0.25, 0.3) is 0 Å². The largest absolute Gasteiger partial charge is 0.367 e. The van der Waals surface area contributed by atoms with Crippen LogP contribution < -0.4 is 11.1 Å². The van der Waals surface area contributed by atoms with Crippen LogP contribution in [-0.2, 0) is 16.1 Å². The third-order valence-electron chi connectivity index (χ3n) is 2.73. The Bertz CT molecular complexity index is 354. The third kappa shape index (κ3) is 4.22. The lowest BCUT2D eigenvalue weighted by atomic mass is 10.1. The van der Waals surface area contributed by atoms with Gasteiger partial charge in [0.1, 0.15) is 6.61 Å². The van der Waals surface area contributed by atoms with Crippen LogP contribution in [0.5, 0.6) is 0 Å². The van der Waals surface area contributed by atoms with E-state index < -0.39 is 6.04 Å². The normalized spacial score (nSPS) is 22.5. The monoisotopic (exact) mass is 250 g/mol. The van der Waals surface area contributed by atoms with Crippen molar-refractivity contribution in [2.75, 3.05) is 13.2 Å². The van der Waals surface area contributed by atoms with E-state index in [-0.39, 0.29) is 18.5 Å². The molecule has 1 aliphatic rings. The van der Waals surface area contributed by atoms with Crippen molar-refractivity contribution in [2.45, 2.75) is 32.5 Å². The predicted molar refractivity (Wildman–Crippen MR) is 72.2 cm³/mol. The van der Waals surface area contributed by atoms with Gasteiger partial charge < -0.3 is 15.8 Å². The molecule has 0 radical (unpaired) electrons. The maximum atomic E-state index is 11.1. The maximum Gasteiger partial charge on any atom is 0.177 e. The van der Waals surface area contributed by atoms with Crippen LogP contribution in [0.2, 0.25) is 0 Å². The first-order valence-electron chi connectivity index (χ1n) is 6.42. The zero-order valence-electron chi connectivity index (χ0n) is 11.1. The van der Waals surface area contributed by atoms with Crippen LogP contribution in [0.4, 0.5) is 0 Å². The number of hydrogen-bond donors (Lipinski definition) is 2. The van der Waals surface area contributed by atoms with Crippen molar-refractivity contribution in [3.8, 4) is 0 Å². The molecule has 100 valence electrons. The summed E-state index contributed by atoms with van der Waals surface area (Å²) < 4.78 is 5.28. The first-order chi connectivity index (χ1) is 8.77. The number of carbonyl (C=O) groups is 1. The van der Waals surface area contributed by atoms with Gasteiger partial charge in [0.2, 0.25) is 0 Å². The van der Waals surface area contributed by atoms with E-state index in [4.69, 9.17) is 10.5 Å². The second-order valence-electron chi connectivity index (χ2n) is 3.96. The molecule has 0 bridgehead atoms. The summed E-state index contributed by atoms with van der Waals surface area (Å²) in [5.74, 6) is -0.00786. The van der Waals surface area contributed by atoms with Gasteiger partial charge in [-0.1, -0.05) is 44.2 Å². The summed E-state index contributed by atoms with van der Waals surface area (Å²) in [4.78, 5) is 11.1. The van der Waals surface area contributed by atoms with Crippen LogP contribution in [0.25, 0.3) is 0 Å². The van der Waals surface area contributed by atoms with Gasteiger partial charge in [0.05, 0.1) is 12.1 Å². The van der Waals surface area contributed by atoms with Crippen molar-refractivity contribution in [1.29, 1.82) is 0 Å². The Morgan fingerprint density at radius 1 is 1.33 bits per heavy atom. The molecule has 1 aromatic carbocycles. The Morgan fingerprint density at radius 3 is 2.56 bits per heavy atom. The Labute approximate surface area is 109 Å². The van der Waals surface area contributed by atoms with Gasteiger partial charge >= 0.3 is 0 Å². The molecule has 1 heterocycles. The highest BCUT2D eigenvalue weighted by Crippen LogP contribution is 2.07. The van der Waals surface area contributed by atoms with E-state index in [1.54, 1.807) is 0 Å². The van der Waals surface area contributed by atoms with Gasteiger partial charge in [-0.15, -0.1) is 0 Å². The number of Topliss-reactive ketones (excluding diaryl/α,β-unsaturated/α-hetero) is 1. The molecule has 2 atom stereocenters. The lowest BCUT2D eigenvalue weighted by molar-refractivity contribution is -0.118. The minimum Gasteiger partial charge on any atom is -0.367 e. The van der Waals surface area contributed by atoms with Crippen LogP contribution in [0, 0.1) is 0 Å². The first kappa shape index (κ1) is 14.8. The van der Waals surface area contributed by atoms with Crippen LogP contribution in [0.1, 0.15) is 19.4 Å². The number of carbonyl (C=O) groups excluding carboxylic acids is 1. The van der Waals surface area contributed by atoms with Gasteiger partial charge in [0.15, 0.2) is 5.78 Å². The molecule has 1 saturated heterocycles. The minimum atomic E-state index is -0.469. The molecule has 4 heteroatoms. The molecular formula is C14H22N2O2. The van der Waals surface area contributed by atoms with Gasteiger partial charge in [-0.25, -0.2) is 0 Å². The molecule has 0 spiro atoms. The second-order valence-corrected chi connectivity index (χ2v) is 3.96. The van der Waals surface area contributed by atoms with Gasteiger partial charge in [0, 0.05) is 13.1 Å². The summed E-state index contributed by atoms with van der Waals surface area (Å²) >= 11 is 0. The number of nitrogens with two attached hydrogens (primary N) is 1. The fraction of sp³-hybridized carbons (Fsp3) is 0.500. The molecule has 0 saturated carbocycles. The number of ether oxygens (including phenoxy) is 1. The molecular weight excluding hydrogens is 228 g/mol. The summed E-state index contributed by atoms with van der Waals surface area (Å²) in [5.41, 5.74) is 6.90. The Morgan fingerprint density at radius 2 is 2.00 bits per heavy atom. The fourth-order valence-electron chi connectivity index (χ4n) is 1.74. The van der Waals surface area contributed by atoms with Crippen LogP contribution in [-0.4, -0.2) is 31.1 Å². The Balaban J connectivity index is 0.000000771. The highest BCUT2D eigenvalue weighted by molar-refractivity contribution is 5.87. The third-order valence-corrected chi connectivity index (χ3v) is 2.73. The second kappa shape index (κ2) is 7.97. The molecule has 2 unspecified atom stereocenters. The summed E-state index contributed by atoms with van der Waals surface area (Å²) in [6, 6.07) is 9.61. The van der Waals surface area contributed by atoms with Crippen molar-refractivity contribution < 1.29 is 9.53 Å². The van der Waals surface area contributed by atoms with Crippen LogP contribution >= 0.6 is 0 Å². The van der Waals surface area contributed by atoms with E-state index in [2.05, 4.69) is 5.32 Å². The van der Waals surface area contributed by atoms with Crippen molar-refractivity contribution in [1.82, 2.24) is 5.32 Å². The molecule has 3 N–H and O–H groups in total. The number of rotatable bonds is 4. The molecule has 1 aromatic rings. The van der Waals surface area contributed by atoms with Gasteiger partial charge in [-0.05, 0) is 5.56 Å². The van der Waals surface area contributed by atoms with Gasteiger partial charge in [-0.3, -0.25) is 4.79 Å². The zero-order valence-corrected chi connectivity index (χ0v) is 11.1. The van der Waals surface area contributed by atoms with Crippen LogP contribution in [0.3, 0.4) is 0 Å². The van der Waals surface area contributed by atoms with Gasteiger partial charge in [-0.2, -0.15) is 0 Å². The molecule has 1 fully saturated rings. The van der Waals surface area contributed by atoms with E-state index in [1.807, 2.05) is 44.2 Å². The number of hydrogen-bond acceptors (Lipinski definition) is 4. The topological polar surface area (TPSA) is 64.4 Å². The minimum absolute atomic E-state index is 0.00786. The van der Waals surface area contributed by atoms with E-state index in [1.165, 1.54) is 5.56 Å². The molecule has 18 heavy (non-hydrogen) atoms. The van der Waals surface area contributed by atoms with E-state index >= 15 is 0 Å². The van der Waals surface area contributed by atoms with E-state index in [9.17, 15) is 4.79 Å². The van der Waals surface area contributed by atoms with Crippen molar-refractivity contribution in [3.63, 3.8) is 0 Å². The molecule has 4 nitrogen and oxygen atoms in total. The molecule has 0 aromatic heterocycles. The Kier molecular flexibility index (Phi) is 6.57. The lowest BCUT2D eigenvalue weighted by Crippen LogP contribution is -2.41. The standard InChI is InChI=1S/C12H16N2O2.C2H6/c13-12-10(15)8-16-11(12)7-14-6-9-4-2-1-3-5-9;1-2/h1-5,11-12,14H,6-8,13H2;1-2H3. The summed E-state index contributed by atoms with van der Waals surface area (Å²) in [5, 5.41) is 3.24. The zero-order chi connectivity index (χ0) is 13.4. The summed E-state index contributed by atoms with van der Waals surface area (Å²) in [6.07, 6.45) is -0.184. The fourth-order valence-corrected chi connectivity index (χ4v) is 1.74. The average molecular weight is 250 g/mol. The number of nitrogens with one attached hydrogen (secondary N) is 1. The average Bonchev–Trinajstić information content (AvgIpc) is 2.74. The highest BCUT2D eigenvalue weighted by atomic mass is 16.5. The molecule has 2 rings (SSSR count). The number of ketones is 1. The molecule has 0 aliphatic carbocycles.